The minimum Gasteiger partial charge on any atom is -0.469 e. The van der Waals surface area contributed by atoms with E-state index in [2.05, 4.69) is 33.9 Å². The van der Waals surface area contributed by atoms with Crippen LogP contribution < -0.4 is 0 Å². The fourth-order valence-corrected chi connectivity index (χ4v) is 3.96. The van der Waals surface area contributed by atoms with Crippen molar-refractivity contribution < 1.29 is 18.8 Å². The van der Waals surface area contributed by atoms with E-state index in [0.717, 1.165) is 0 Å². The lowest BCUT2D eigenvalue weighted by molar-refractivity contribution is -0.155. The zero-order chi connectivity index (χ0) is 17.3. The molecule has 1 fully saturated rings. The predicted molar refractivity (Wildman–Crippen MR) is 90.1 cm³/mol. The predicted octanol–water partition coefficient (Wildman–Crippen LogP) is 3.66. The Morgan fingerprint density at radius 2 is 1.82 bits per heavy atom. The summed E-state index contributed by atoms with van der Waals surface area (Å²) in [6.45, 7) is 15.3. The van der Waals surface area contributed by atoms with Crippen molar-refractivity contribution in [1.82, 2.24) is 0 Å². The van der Waals surface area contributed by atoms with Crippen LogP contribution in [-0.2, 0) is 18.8 Å². The molecule has 0 radical (unpaired) electrons. The van der Waals surface area contributed by atoms with Crippen molar-refractivity contribution in [3.63, 3.8) is 0 Å². The topological polar surface area (TPSA) is 52.6 Å². The molecule has 0 N–H and O–H groups in total. The molecule has 0 aromatic heterocycles. The van der Waals surface area contributed by atoms with E-state index in [4.69, 9.17) is 9.16 Å². The number of ether oxygens (including phenoxy) is 1. The van der Waals surface area contributed by atoms with Gasteiger partial charge in [0.25, 0.3) is 0 Å². The maximum Gasteiger partial charge on any atom is 0.309 e. The van der Waals surface area contributed by atoms with E-state index in [1.54, 1.807) is 0 Å². The van der Waals surface area contributed by atoms with E-state index < -0.39 is 8.32 Å². The molecule has 0 amide bonds. The van der Waals surface area contributed by atoms with Crippen molar-refractivity contribution in [2.45, 2.75) is 59.2 Å². The second-order valence-corrected chi connectivity index (χ2v) is 13.0. The monoisotopic (exact) mass is 328 g/mol. The molecule has 1 rings (SSSR count). The van der Waals surface area contributed by atoms with Crippen molar-refractivity contribution in [1.29, 1.82) is 0 Å². The maximum atomic E-state index is 12.2. The van der Waals surface area contributed by atoms with Gasteiger partial charge in [0.05, 0.1) is 13.0 Å². The van der Waals surface area contributed by atoms with Crippen molar-refractivity contribution in [2.24, 2.45) is 23.7 Å². The molecule has 22 heavy (non-hydrogen) atoms. The highest BCUT2D eigenvalue weighted by Crippen LogP contribution is 2.41. The van der Waals surface area contributed by atoms with Crippen LogP contribution in [0.3, 0.4) is 0 Å². The summed E-state index contributed by atoms with van der Waals surface area (Å²) in [5.74, 6) is -0.443. The highest BCUT2D eigenvalue weighted by atomic mass is 28.4. The molecule has 0 aromatic carbocycles. The van der Waals surface area contributed by atoms with Crippen LogP contribution in [0.2, 0.25) is 18.1 Å². The molecule has 0 heterocycles. The molecule has 1 aliphatic carbocycles. The summed E-state index contributed by atoms with van der Waals surface area (Å²) in [4.78, 5) is 24.4. The third-order valence-corrected chi connectivity index (χ3v) is 10.2. The van der Waals surface area contributed by atoms with Gasteiger partial charge in [0.15, 0.2) is 8.32 Å². The molecule has 5 heteroatoms. The standard InChI is InChI=1S/C17H32O4Si/c1-11-9-14(18)12(2)13(15(11)16(19)20-6)10-21-22(7,8)17(3,4)5/h11-13,15H,9-10H2,1-8H3/t11-,12+,13-,15+/m1/s1. The Morgan fingerprint density at radius 3 is 2.27 bits per heavy atom. The number of methoxy groups -OCH3 is 1. The Kier molecular flexibility index (Phi) is 6.01. The normalized spacial score (nSPS) is 30.3. The Morgan fingerprint density at radius 1 is 1.27 bits per heavy atom. The number of carbonyl (C=O) groups excluding carboxylic acids is 2. The Hall–Kier alpha value is -0.683. The van der Waals surface area contributed by atoms with Gasteiger partial charge in [0, 0.05) is 24.9 Å². The van der Waals surface area contributed by atoms with E-state index in [1.807, 2.05) is 13.8 Å². The second kappa shape index (κ2) is 6.83. The number of carbonyl (C=O) groups is 2. The minimum absolute atomic E-state index is 0.0177. The Bertz CT molecular complexity index is 425. The first kappa shape index (κ1) is 19.4. The summed E-state index contributed by atoms with van der Waals surface area (Å²) in [6.07, 6.45) is 0.456. The van der Waals surface area contributed by atoms with Gasteiger partial charge in [-0.2, -0.15) is 0 Å². The van der Waals surface area contributed by atoms with Gasteiger partial charge in [-0.15, -0.1) is 0 Å². The van der Waals surface area contributed by atoms with Gasteiger partial charge in [-0.3, -0.25) is 9.59 Å². The lowest BCUT2D eigenvalue weighted by Gasteiger charge is -2.42. The van der Waals surface area contributed by atoms with Gasteiger partial charge < -0.3 is 9.16 Å². The van der Waals surface area contributed by atoms with E-state index >= 15 is 0 Å². The SMILES string of the molecule is COC(=O)[C@@H]1[C@H](CO[Si](C)(C)C(C)(C)C)[C@H](C)C(=O)C[C@H]1C. The molecule has 1 saturated carbocycles. The van der Waals surface area contributed by atoms with E-state index in [0.29, 0.717) is 13.0 Å². The first-order valence-corrected chi connectivity index (χ1v) is 11.1. The van der Waals surface area contributed by atoms with Crippen LogP contribution in [0.4, 0.5) is 0 Å². The van der Waals surface area contributed by atoms with Crippen LogP contribution in [0.1, 0.15) is 41.0 Å². The average molecular weight is 329 g/mol. The molecule has 128 valence electrons. The van der Waals surface area contributed by atoms with Crippen LogP contribution in [0, 0.1) is 23.7 Å². The summed E-state index contributed by atoms with van der Waals surface area (Å²) in [5, 5.41) is 0.112. The first-order valence-electron chi connectivity index (χ1n) is 8.17. The number of esters is 1. The molecule has 1 aliphatic rings. The quantitative estimate of drug-likeness (QED) is 0.584. The summed E-state index contributed by atoms with van der Waals surface area (Å²) in [7, 11) is -0.482. The smallest absolute Gasteiger partial charge is 0.309 e. The van der Waals surface area contributed by atoms with E-state index in [1.165, 1.54) is 7.11 Å². The molecule has 4 atom stereocenters. The Labute approximate surface area is 136 Å². The molecule has 0 bridgehead atoms. The van der Waals surface area contributed by atoms with Gasteiger partial charge in [0.1, 0.15) is 5.78 Å². The summed E-state index contributed by atoms with van der Waals surface area (Å²) >= 11 is 0. The van der Waals surface area contributed by atoms with Crippen LogP contribution in [-0.4, -0.2) is 33.8 Å². The average Bonchev–Trinajstić information content (AvgIpc) is 2.39. The van der Waals surface area contributed by atoms with Crippen LogP contribution in [0.25, 0.3) is 0 Å². The molecule has 4 nitrogen and oxygen atoms in total. The van der Waals surface area contributed by atoms with Crippen molar-refractivity contribution in [2.75, 3.05) is 13.7 Å². The number of hydrogen-bond donors (Lipinski definition) is 0. The lowest BCUT2D eigenvalue weighted by Crippen LogP contribution is -2.48. The van der Waals surface area contributed by atoms with Crippen LogP contribution >= 0.6 is 0 Å². The van der Waals surface area contributed by atoms with Gasteiger partial charge in [-0.05, 0) is 24.1 Å². The summed E-state index contributed by atoms with van der Waals surface area (Å²) < 4.78 is 11.3. The van der Waals surface area contributed by atoms with Gasteiger partial charge >= 0.3 is 5.97 Å². The number of Topliss-reactive ketones (excluding diaryl/α,β-unsaturated/α-hetero) is 1. The summed E-state index contributed by atoms with van der Waals surface area (Å²) in [5.41, 5.74) is 0. The molecule has 0 unspecified atom stereocenters. The second-order valence-electron chi connectivity index (χ2n) is 8.22. The van der Waals surface area contributed by atoms with Crippen molar-refractivity contribution in [3.05, 3.63) is 0 Å². The molecular weight excluding hydrogens is 296 g/mol. The van der Waals surface area contributed by atoms with Gasteiger partial charge in [0.2, 0.25) is 0 Å². The molecule has 0 saturated heterocycles. The molecule has 0 aliphatic heterocycles. The maximum absolute atomic E-state index is 12.2. The van der Waals surface area contributed by atoms with E-state index in [-0.39, 0.29) is 40.5 Å². The zero-order valence-corrected chi connectivity index (χ0v) is 16.4. The minimum atomic E-state index is -1.90. The highest BCUT2D eigenvalue weighted by molar-refractivity contribution is 6.74. The summed E-state index contributed by atoms with van der Waals surface area (Å²) in [6, 6.07) is 0. The molecule has 0 aromatic rings. The lowest BCUT2D eigenvalue weighted by atomic mass is 9.67. The zero-order valence-electron chi connectivity index (χ0n) is 15.4. The van der Waals surface area contributed by atoms with Crippen LogP contribution in [0.5, 0.6) is 0 Å². The van der Waals surface area contributed by atoms with E-state index in [9.17, 15) is 9.59 Å². The van der Waals surface area contributed by atoms with Crippen molar-refractivity contribution in [3.8, 4) is 0 Å². The molecular formula is C17H32O4Si. The van der Waals surface area contributed by atoms with Gasteiger partial charge in [-0.25, -0.2) is 0 Å². The third kappa shape index (κ3) is 3.99. The fraction of sp³-hybridized carbons (Fsp3) is 0.882. The Balaban J connectivity index is 2.95. The third-order valence-electron chi connectivity index (χ3n) is 5.66. The largest absolute Gasteiger partial charge is 0.469 e. The highest BCUT2D eigenvalue weighted by Gasteiger charge is 2.46. The molecule has 0 spiro atoms. The first-order chi connectivity index (χ1) is 9.92. The fourth-order valence-electron chi connectivity index (χ4n) is 2.91. The van der Waals surface area contributed by atoms with Crippen molar-refractivity contribution >= 4 is 20.1 Å². The number of hydrogen-bond acceptors (Lipinski definition) is 4. The number of rotatable bonds is 4. The van der Waals surface area contributed by atoms with Crippen LogP contribution in [0.15, 0.2) is 0 Å². The van der Waals surface area contributed by atoms with Gasteiger partial charge in [-0.1, -0.05) is 34.6 Å². The number of ketones is 1.